The number of nitrogens with zero attached hydrogens (tertiary/aromatic N) is 2. The maximum absolute atomic E-state index is 13.0. The van der Waals surface area contributed by atoms with Crippen molar-refractivity contribution in [1.29, 1.82) is 0 Å². The standard InChI is InChI=1S/C19H21N3O4S2/c23-18(14-7-8-14)21-9-11-22(12-10-21)19(24)15-4-1-2-5-16(15)20-28(25,26)17-6-3-13-27-17/h1-6,13-14,20H,7-12H2. The lowest BCUT2D eigenvalue weighted by Gasteiger charge is -2.35. The van der Waals surface area contributed by atoms with Crippen LogP contribution in [0.15, 0.2) is 46.0 Å². The molecule has 2 heterocycles. The molecule has 0 bridgehead atoms. The SMILES string of the molecule is O=C(c1ccccc1NS(=O)(=O)c1cccs1)N1CCN(C(=O)C2CC2)CC1. The molecule has 1 aliphatic carbocycles. The number of nitrogens with one attached hydrogen (secondary N) is 1. The zero-order valence-corrected chi connectivity index (χ0v) is 16.8. The second-order valence-electron chi connectivity index (χ2n) is 6.97. The molecule has 2 amide bonds. The molecule has 1 saturated heterocycles. The van der Waals surface area contributed by atoms with Crippen LogP contribution in [0.3, 0.4) is 0 Å². The van der Waals surface area contributed by atoms with Crippen LogP contribution in [-0.2, 0) is 14.8 Å². The molecule has 4 rings (SSSR count). The molecule has 2 fully saturated rings. The molecular weight excluding hydrogens is 398 g/mol. The van der Waals surface area contributed by atoms with E-state index in [1.165, 1.54) is 6.07 Å². The first-order valence-corrected chi connectivity index (χ1v) is 11.6. The van der Waals surface area contributed by atoms with Crippen LogP contribution in [0.5, 0.6) is 0 Å². The highest BCUT2D eigenvalue weighted by atomic mass is 32.2. The van der Waals surface area contributed by atoms with Gasteiger partial charge in [-0.3, -0.25) is 14.3 Å². The molecule has 1 saturated carbocycles. The second-order valence-corrected chi connectivity index (χ2v) is 9.83. The smallest absolute Gasteiger partial charge is 0.271 e. The van der Waals surface area contributed by atoms with Crippen LogP contribution in [0.25, 0.3) is 0 Å². The number of hydrogen-bond acceptors (Lipinski definition) is 5. The summed E-state index contributed by atoms with van der Waals surface area (Å²) in [5.41, 5.74) is 0.571. The molecule has 148 valence electrons. The van der Waals surface area contributed by atoms with Gasteiger partial charge in [0.1, 0.15) is 4.21 Å². The highest BCUT2D eigenvalue weighted by molar-refractivity contribution is 7.94. The van der Waals surface area contributed by atoms with Gasteiger partial charge in [0, 0.05) is 32.1 Å². The van der Waals surface area contributed by atoms with Gasteiger partial charge in [-0.25, -0.2) is 8.42 Å². The third kappa shape index (κ3) is 3.90. The van der Waals surface area contributed by atoms with Gasteiger partial charge in [-0.15, -0.1) is 11.3 Å². The van der Waals surface area contributed by atoms with Gasteiger partial charge >= 0.3 is 0 Å². The Morgan fingerprint density at radius 3 is 2.29 bits per heavy atom. The fourth-order valence-corrected chi connectivity index (χ4v) is 5.33. The summed E-state index contributed by atoms with van der Waals surface area (Å²) in [4.78, 5) is 28.7. The second kappa shape index (κ2) is 7.56. The van der Waals surface area contributed by atoms with E-state index in [0.29, 0.717) is 31.7 Å². The number of amides is 2. The molecule has 1 N–H and O–H groups in total. The van der Waals surface area contributed by atoms with Crippen LogP contribution in [0.1, 0.15) is 23.2 Å². The minimum atomic E-state index is -3.73. The van der Waals surface area contributed by atoms with Crippen LogP contribution in [-0.4, -0.2) is 56.2 Å². The van der Waals surface area contributed by atoms with Crippen molar-refractivity contribution >= 4 is 38.9 Å². The Kier molecular flexibility index (Phi) is 5.11. The number of thiophene rings is 1. The fourth-order valence-electron chi connectivity index (χ4n) is 3.26. The summed E-state index contributed by atoms with van der Waals surface area (Å²) in [6.07, 6.45) is 1.94. The lowest BCUT2D eigenvalue weighted by atomic mass is 10.1. The summed E-state index contributed by atoms with van der Waals surface area (Å²) in [5.74, 6) is 0.133. The van der Waals surface area contributed by atoms with Gasteiger partial charge in [0.15, 0.2) is 0 Å². The van der Waals surface area contributed by atoms with Crippen molar-refractivity contribution in [1.82, 2.24) is 9.80 Å². The molecule has 0 atom stereocenters. The van der Waals surface area contributed by atoms with Crippen molar-refractivity contribution in [3.05, 3.63) is 47.3 Å². The molecule has 9 heteroatoms. The van der Waals surface area contributed by atoms with Gasteiger partial charge in [0.25, 0.3) is 15.9 Å². The Hall–Kier alpha value is -2.39. The average Bonchev–Trinajstić information content (AvgIpc) is 3.39. The minimum Gasteiger partial charge on any atom is -0.339 e. The number of anilines is 1. The monoisotopic (exact) mass is 419 g/mol. The van der Waals surface area contributed by atoms with Crippen LogP contribution in [0, 0.1) is 5.92 Å². The number of benzene rings is 1. The van der Waals surface area contributed by atoms with Gasteiger partial charge in [-0.05, 0) is 36.4 Å². The van der Waals surface area contributed by atoms with Crippen LogP contribution in [0.4, 0.5) is 5.69 Å². The van der Waals surface area contributed by atoms with Gasteiger partial charge in [0.2, 0.25) is 5.91 Å². The quantitative estimate of drug-likeness (QED) is 0.805. The molecule has 0 spiro atoms. The summed E-state index contributed by atoms with van der Waals surface area (Å²) in [5, 5.41) is 1.69. The Labute approximate surface area is 168 Å². The number of sulfonamides is 1. The predicted octanol–water partition coefficient (Wildman–Crippen LogP) is 2.24. The van der Waals surface area contributed by atoms with Crippen molar-refractivity contribution in [3.63, 3.8) is 0 Å². The fraction of sp³-hybridized carbons (Fsp3) is 0.368. The maximum Gasteiger partial charge on any atom is 0.271 e. The maximum atomic E-state index is 13.0. The highest BCUT2D eigenvalue weighted by Crippen LogP contribution is 2.31. The molecule has 1 aromatic heterocycles. The molecule has 7 nitrogen and oxygen atoms in total. The molecule has 2 aromatic rings. The minimum absolute atomic E-state index is 0.176. The van der Waals surface area contributed by atoms with E-state index in [9.17, 15) is 18.0 Å². The van der Waals surface area contributed by atoms with Crippen molar-refractivity contribution in [2.75, 3.05) is 30.9 Å². The van der Waals surface area contributed by atoms with Crippen LogP contribution >= 0.6 is 11.3 Å². The first-order valence-electron chi connectivity index (χ1n) is 9.19. The molecule has 0 radical (unpaired) electrons. The van der Waals surface area contributed by atoms with E-state index in [4.69, 9.17) is 0 Å². The number of piperazine rings is 1. The largest absolute Gasteiger partial charge is 0.339 e. The molecule has 1 aliphatic heterocycles. The summed E-state index contributed by atoms with van der Waals surface area (Å²) in [6, 6.07) is 9.80. The third-order valence-electron chi connectivity index (χ3n) is 4.97. The Bertz CT molecular complexity index is 976. The number of para-hydroxylation sites is 1. The first-order chi connectivity index (χ1) is 13.5. The molecule has 1 aromatic carbocycles. The highest BCUT2D eigenvalue weighted by Gasteiger charge is 2.35. The summed E-state index contributed by atoms with van der Waals surface area (Å²) in [7, 11) is -3.73. The topological polar surface area (TPSA) is 86.8 Å². The van der Waals surface area contributed by atoms with E-state index in [0.717, 1.165) is 24.2 Å². The first kappa shape index (κ1) is 18.9. The van der Waals surface area contributed by atoms with E-state index in [1.54, 1.807) is 40.6 Å². The average molecular weight is 420 g/mol. The van der Waals surface area contributed by atoms with E-state index in [-0.39, 0.29) is 27.6 Å². The normalized spacial score (nSPS) is 17.4. The molecular formula is C19H21N3O4S2. The van der Waals surface area contributed by atoms with E-state index >= 15 is 0 Å². The number of carbonyl (C=O) groups is 2. The molecule has 28 heavy (non-hydrogen) atoms. The van der Waals surface area contributed by atoms with Gasteiger partial charge < -0.3 is 9.80 Å². The zero-order chi connectivity index (χ0) is 19.7. The van der Waals surface area contributed by atoms with E-state index in [1.807, 2.05) is 4.90 Å². The van der Waals surface area contributed by atoms with Gasteiger partial charge in [-0.2, -0.15) is 0 Å². The van der Waals surface area contributed by atoms with Crippen molar-refractivity contribution in [2.45, 2.75) is 17.1 Å². The third-order valence-corrected chi connectivity index (χ3v) is 7.73. The summed E-state index contributed by atoms with van der Waals surface area (Å²) in [6.45, 7) is 1.93. The van der Waals surface area contributed by atoms with Crippen molar-refractivity contribution in [2.24, 2.45) is 5.92 Å². The van der Waals surface area contributed by atoms with Gasteiger partial charge in [0.05, 0.1) is 11.3 Å². The number of rotatable bonds is 5. The zero-order valence-electron chi connectivity index (χ0n) is 15.2. The van der Waals surface area contributed by atoms with E-state index < -0.39 is 10.0 Å². The van der Waals surface area contributed by atoms with Gasteiger partial charge in [-0.1, -0.05) is 18.2 Å². The van der Waals surface area contributed by atoms with Crippen LogP contribution < -0.4 is 4.72 Å². The number of hydrogen-bond donors (Lipinski definition) is 1. The lowest BCUT2D eigenvalue weighted by Crippen LogP contribution is -2.51. The molecule has 0 unspecified atom stereocenters. The van der Waals surface area contributed by atoms with Crippen molar-refractivity contribution < 1.29 is 18.0 Å². The summed E-state index contributed by atoms with van der Waals surface area (Å²) >= 11 is 1.12. The van der Waals surface area contributed by atoms with E-state index in [2.05, 4.69) is 4.72 Å². The molecule has 2 aliphatic rings. The lowest BCUT2D eigenvalue weighted by molar-refractivity contribution is -0.134. The van der Waals surface area contributed by atoms with Crippen LogP contribution in [0.2, 0.25) is 0 Å². The van der Waals surface area contributed by atoms with Crippen molar-refractivity contribution in [3.8, 4) is 0 Å². The number of carbonyl (C=O) groups excluding carboxylic acids is 2. The Morgan fingerprint density at radius 1 is 0.964 bits per heavy atom. The Balaban J connectivity index is 1.47. The Morgan fingerprint density at radius 2 is 1.64 bits per heavy atom. The summed E-state index contributed by atoms with van der Waals surface area (Å²) < 4.78 is 27.8. The predicted molar refractivity (Wildman–Crippen MR) is 107 cm³/mol.